The Bertz CT molecular complexity index is 386. The van der Waals surface area contributed by atoms with Crippen molar-refractivity contribution in [2.75, 3.05) is 14.2 Å². The first-order valence-corrected chi connectivity index (χ1v) is 5.04. The van der Waals surface area contributed by atoms with E-state index in [0.717, 1.165) is 5.56 Å². The van der Waals surface area contributed by atoms with Gasteiger partial charge in [-0.2, -0.15) is 0 Å². The standard InChI is InChI=1S/C12H15NO4/c1-16-10(14)12(13,11(15)17-2)8-9-6-4-3-5-7-9/h3-7H,8,13H2,1-2H3. The predicted octanol–water partition coefficient (Wildman–Crippen LogP) is 0.273. The van der Waals surface area contributed by atoms with Crippen LogP contribution in [0.5, 0.6) is 0 Å². The zero-order valence-electron chi connectivity index (χ0n) is 9.80. The topological polar surface area (TPSA) is 78.6 Å². The highest BCUT2D eigenvalue weighted by Crippen LogP contribution is 2.14. The Morgan fingerprint density at radius 3 is 2.00 bits per heavy atom. The molecule has 0 aliphatic carbocycles. The predicted molar refractivity (Wildman–Crippen MR) is 61.1 cm³/mol. The Morgan fingerprint density at radius 1 is 1.12 bits per heavy atom. The maximum absolute atomic E-state index is 11.6. The van der Waals surface area contributed by atoms with Crippen LogP contribution in [0.15, 0.2) is 30.3 Å². The summed E-state index contributed by atoms with van der Waals surface area (Å²) >= 11 is 0. The summed E-state index contributed by atoms with van der Waals surface area (Å²) in [5, 5.41) is 0. The molecular formula is C12H15NO4. The molecule has 0 aliphatic rings. The summed E-state index contributed by atoms with van der Waals surface area (Å²) in [5.41, 5.74) is 4.74. The average Bonchev–Trinajstić information content (AvgIpc) is 2.37. The fourth-order valence-corrected chi connectivity index (χ4v) is 1.51. The lowest BCUT2D eigenvalue weighted by molar-refractivity contribution is -0.161. The number of methoxy groups -OCH3 is 2. The Hall–Kier alpha value is -1.88. The molecule has 0 aliphatic heterocycles. The molecule has 1 rings (SSSR count). The first-order valence-electron chi connectivity index (χ1n) is 5.04. The van der Waals surface area contributed by atoms with E-state index in [2.05, 4.69) is 9.47 Å². The van der Waals surface area contributed by atoms with E-state index in [9.17, 15) is 9.59 Å². The van der Waals surface area contributed by atoms with Crippen molar-refractivity contribution in [1.82, 2.24) is 0 Å². The zero-order chi connectivity index (χ0) is 12.9. The summed E-state index contributed by atoms with van der Waals surface area (Å²) in [6.45, 7) is 0. The summed E-state index contributed by atoms with van der Waals surface area (Å²) < 4.78 is 9.09. The summed E-state index contributed by atoms with van der Waals surface area (Å²) in [4.78, 5) is 23.2. The van der Waals surface area contributed by atoms with E-state index in [1.165, 1.54) is 14.2 Å². The van der Waals surface area contributed by atoms with Gasteiger partial charge in [0.1, 0.15) is 0 Å². The molecule has 5 heteroatoms. The summed E-state index contributed by atoms with van der Waals surface area (Å²) in [6, 6.07) is 8.97. The van der Waals surface area contributed by atoms with Gasteiger partial charge in [-0.1, -0.05) is 30.3 Å². The van der Waals surface area contributed by atoms with E-state index in [1.54, 1.807) is 24.3 Å². The van der Waals surface area contributed by atoms with Gasteiger partial charge in [-0.3, -0.25) is 0 Å². The molecule has 0 heterocycles. The molecule has 2 N–H and O–H groups in total. The minimum atomic E-state index is -1.80. The van der Waals surface area contributed by atoms with E-state index in [4.69, 9.17) is 5.73 Å². The van der Waals surface area contributed by atoms with Crippen LogP contribution in [0.2, 0.25) is 0 Å². The van der Waals surface area contributed by atoms with E-state index in [-0.39, 0.29) is 6.42 Å². The molecule has 0 atom stereocenters. The van der Waals surface area contributed by atoms with Gasteiger partial charge in [0.25, 0.3) is 0 Å². The molecule has 0 spiro atoms. The molecule has 0 saturated carbocycles. The number of esters is 2. The average molecular weight is 237 g/mol. The first kappa shape index (κ1) is 13.2. The van der Waals surface area contributed by atoms with Gasteiger partial charge in [-0.05, 0) is 5.56 Å². The van der Waals surface area contributed by atoms with Crippen LogP contribution >= 0.6 is 0 Å². The molecule has 0 saturated heterocycles. The van der Waals surface area contributed by atoms with Crippen molar-refractivity contribution in [1.29, 1.82) is 0 Å². The van der Waals surface area contributed by atoms with Gasteiger partial charge in [-0.25, -0.2) is 9.59 Å². The Balaban J connectivity index is 3.00. The van der Waals surface area contributed by atoms with Crippen LogP contribution in [0.3, 0.4) is 0 Å². The number of ether oxygens (including phenoxy) is 2. The lowest BCUT2D eigenvalue weighted by Crippen LogP contribution is -2.57. The monoisotopic (exact) mass is 237 g/mol. The smallest absolute Gasteiger partial charge is 0.337 e. The first-order chi connectivity index (χ1) is 8.04. The molecule has 5 nitrogen and oxygen atoms in total. The number of rotatable bonds is 4. The number of carbonyl (C=O) groups is 2. The van der Waals surface area contributed by atoms with Gasteiger partial charge in [0.15, 0.2) is 0 Å². The van der Waals surface area contributed by atoms with Crippen molar-refractivity contribution in [3.63, 3.8) is 0 Å². The third-order valence-corrected chi connectivity index (χ3v) is 2.43. The molecule has 0 fully saturated rings. The Labute approximate surface area is 99.5 Å². The fraction of sp³-hybridized carbons (Fsp3) is 0.333. The van der Waals surface area contributed by atoms with Crippen LogP contribution in [0.4, 0.5) is 0 Å². The minimum absolute atomic E-state index is 0.0349. The lowest BCUT2D eigenvalue weighted by atomic mass is 9.92. The van der Waals surface area contributed by atoms with Gasteiger partial charge in [-0.15, -0.1) is 0 Å². The SMILES string of the molecule is COC(=O)C(N)(Cc1ccccc1)C(=O)OC. The van der Waals surface area contributed by atoms with Crippen LogP contribution < -0.4 is 5.73 Å². The van der Waals surface area contributed by atoms with Gasteiger partial charge >= 0.3 is 11.9 Å². The highest BCUT2D eigenvalue weighted by molar-refractivity contribution is 6.04. The zero-order valence-corrected chi connectivity index (χ0v) is 9.80. The highest BCUT2D eigenvalue weighted by Gasteiger charge is 2.44. The van der Waals surface area contributed by atoms with Gasteiger partial charge in [0.05, 0.1) is 14.2 Å². The van der Waals surface area contributed by atoms with Crippen molar-refractivity contribution in [3.8, 4) is 0 Å². The Morgan fingerprint density at radius 2 is 1.59 bits per heavy atom. The molecule has 0 bridgehead atoms. The number of benzene rings is 1. The molecule has 0 amide bonds. The van der Waals surface area contributed by atoms with E-state index >= 15 is 0 Å². The van der Waals surface area contributed by atoms with Crippen molar-refractivity contribution in [3.05, 3.63) is 35.9 Å². The van der Waals surface area contributed by atoms with Crippen molar-refractivity contribution in [2.24, 2.45) is 5.73 Å². The molecule has 1 aromatic rings. The molecule has 0 unspecified atom stereocenters. The molecule has 0 aromatic heterocycles. The summed E-state index contributed by atoms with van der Waals surface area (Å²) in [7, 11) is 2.36. The summed E-state index contributed by atoms with van der Waals surface area (Å²) in [6.07, 6.45) is 0.0349. The van der Waals surface area contributed by atoms with Crippen LogP contribution in [0.25, 0.3) is 0 Å². The third kappa shape index (κ3) is 2.82. The largest absolute Gasteiger partial charge is 0.467 e. The van der Waals surface area contributed by atoms with Crippen LogP contribution in [0, 0.1) is 0 Å². The van der Waals surface area contributed by atoms with E-state index in [1.807, 2.05) is 6.07 Å². The molecule has 92 valence electrons. The van der Waals surface area contributed by atoms with Crippen molar-refractivity contribution >= 4 is 11.9 Å². The van der Waals surface area contributed by atoms with Crippen LogP contribution in [0.1, 0.15) is 5.56 Å². The molecule has 17 heavy (non-hydrogen) atoms. The minimum Gasteiger partial charge on any atom is -0.467 e. The van der Waals surface area contributed by atoms with Crippen LogP contribution in [-0.2, 0) is 25.5 Å². The summed E-state index contributed by atoms with van der Waals surface area (Å²) in [5.74, 6) is -1.62. The molecule has 1 aromatic carbocycles. The maximum atomic E-state index is 11.6. The van der Waals surface area contributed by atoms with E-state index in [0.29, 0.717) is 0 Å². The number of hydrogen-bond donors (Lipinski definition) is 1. The second-order valence-corrected chi connectivity index (χ2v) is 3.62. The third-order valence-electron chi connectivity index (χ3n) is 2.43. The number of nitrogens with two attached hydrogens (primary N) is 1. The van der Waals surface area contributed by atoms with Gasteiger partial charge in [0, 0.05) is 6.42 Å². The fourth-order valence-electron chi connectivity index (χ4n) is 1.51. The lowest BCUT2D eigenvalue weighted by Gasteiger charge is -2.23. The second kappa shape index (κ2) is 5.45. The second-order valence-electron chi connectivity index (χ2n) is 3.62. The molecular weight excluding hydrogens is 222 g/mol. The number of carbonyl (C=O) groups excluding carboxylic acids is 2. The Kier molecular flexibility index (Phi) is 4.23. The highest BCUT2D eigenvalue weighted by atomic mass is 16.5. The van der Waals surface area contributed by atoms with Crippen LogP contribution in [-0.4, -0.2) is 31.7 Å². The van der Waals surface area contributed by atoms with Crippen molar-refractivity contribution in [2.45, 2.75) is 12.0 Å². The normalized spacial score (nSPS) is 10.8. The van der Waals surface area contributed by atoms with Crippen molar-refractivity contribution < 1.29 is 19.1 Å². The maximum Gasteiger partial charge on any atom is 0.337 e. The van der Waals surface area contributed by atoms with Gasteiger partial charge < -0.3 is 15.2 Å². The van der Waals surface area contributed by atoms with Gasteiger partial charge in [0.2, 0.25) is 5.54 Å². The van der Waals surface area contributed by atoms with E-state index < -0.39 is 17.5 Å². The number of hydrogen-bond acceptors (Lipinski definition) is 5. The molecule has 0 radical (unpaired) electrons. The quantitative estimate of drug-likeness (QED) is 0.600.